The maximum absolute atomic E-state index is 13.5. The summed E-state index contributed by atoms with van der Waals surface area (Å²) >= 11 is 12.4. The molecule has 15 heteroatoms. The Morgan fingerprint density at radius 3 is 0.923 bits per heavy atom. The van der Waals surface area contributed by atoms with Crippen molar-refractivity contribution < 1.29 is 28.6 Å². The van der Waals surface area contributed by atoms with Gasteiger partial charge in [-0.2, -0.15) is 37.9 Å². The minimum atomic E-state index is -1.46. The molecule has 0 amide bonds. The number of esters is 3. The summed E-state index contributed by atoms with van der Waals surface area (Å²) in [6.07, 6.45) is -3.17. The molecule has 1 rings (SSSR count). The quantitative estimate of drug-likeness (QED) is 0.155. The standard InChI is InChI=1S/C24H39N3O9S3/c1-7-16(10-37)19(28)34-13(4)25-22(31)26(14(5)35-20(29)17(8-2)11-38)24(33)27(23(25)32)15(6)36-21(30)18(9-3)12-39/h13-18,37-39H,7-12H2,1-6H3. The number of carbonyl (C=O) groups excluding carboxylic acids is 3. The Bertz CT molecular complexity index is 995. The smallest absolute Gasteiger partial charge is 0.342 e. The second-order valence-corrected chi connectivity index (χ2v) is 10.0. The van der Waals surface area contributed by atoms with Gasteiger partial charge in [-0.15, -0.1) is 0 Å². The zero-order valence-corrected chi connectivity index (χ0v) is 25.7. The highest BCUT2D eigenvalue weighted by Gasteiger charge is 2.31. The molecule has 222 valence electrons. The fourth-order valence-electron chi connectivity index (χ4n) is 3.59. The van der Waals surface area contributed by atoms with E-state index in [1.165, 1.54) is 20.8 Å². The van der Waals surface area contributed by atoms with E-state index in [9.17, 15) is 28.8 Å². The normalized spacial score (nSPS) is 15.9. The second kappa shape index (κ2) is 16.2. The molecule has 1 heterocycles. The number of hydrogen-bond donors (Lipinski definition) is 3. The van der Waals surface area contributed by atoms with E-state index in [0.29, 0.717) is 33.0 Å². The van der Waals surface area contributed by atoms with Crippen molar-refractivity contribution in [2.45, 2.75) is 79.5 Å². The van der Waals surface area contributed by atoms with E-state index in [-0.39, 0.29) is 17.3 Å². The van der Waals surface area contributed by atoms with E-state index in [1.807, 2.05) is 0 Å². The van der Waals surface area contributed by atoms with Crippen molar-refractivity contribution >= 4 is 55.8 Å². The molecule has 0 saturated carbocycles. The summed E-state index contributed by atoms with van der Waals surface area (Å²) in [6.45, 7) is 9.09. The number of nitrogens with zero attached hydrogens (tertiary/aromatic N) is 3. The molecule has 1 aromatic rings. The van der Waals surface area contributed by atoms with E-state index >= 15 is 0 Å². The first-order valence-corrected chi connectivity index (χ1v) is 14.7. The predicted octanol–water partition coefficient (Wildman–Crippen LogP) is 2.22. The van der Waals surface area contributed by atoms with E-state index < -0.39 is 71.4 Å². The van der Waals surface area contributed by atoms with Crippen LogP contribution in [0, 0.1) is 17.8 Å². The Hall–Kier alpha value is -2.13. The van der Waals surface area contributed by atoms with Gasteiger partial charge in [0.1, 0.15) is 0 Å². The Morgan fingerprint density at radius 1 is 0.564 bits per heavy atom. The molecule has 0 radical (unpaired) electrons. The van der Waals surface area contributed by atoms with Crippen LogP contribution in [0.2, 0.25) is 0 Å². The summed E-state index contributed by atoms with van der Waals surface area (Å²) in [7, 11) is 0. The molecular weight excluding hydrogens is 570 g/mol. The summed E-state index contributed by atoms with van der Waals surface area (Å²) in [5.41, 5.74) is -3.54. The molecule has 0 aromatic carbocycles. The predicted molar refractivity (Wildman–Crippen MR) is 155 cm³/mol. The second-order valence-electron chi connectivity index (χ2n) is 8.93. The van der Waals surface area contributed by atoms with Gasteiger partial charge in [0.25, 0.3) is 0 Å². The first-order chi connectivity index (χ1) is 18.3. The first-order valence-electron chi connectivity index (χ1n) is 12.8. The summed E-state index contributed by atoms with van der Waals surface area (Å²) in [6, 6.07) is 0. The van der Waals surface area contributed by atoms with Gasteiger partial charge in [0.2, 0.25) is 0 Å². The van der Waals surface area contributed by atoms with E-state index in [1.54, 1.807) is 20.8 Å². The lowest BCUT2D eigenvalue weighted by molar-refractivity contribution is -0.159. The molecule has 0 aliphatic rings. The molecule has 0 bridgehead atoms. The molecule has 0 aliphatic carbocycles. The zero-order valence-electron chi connectivity index (χ0n) is 23.1. The Morgan fingerprint density at radius 2 is 0.769 bits per heavy atom. The third kappa shape index (κ3) is 8.43. The third-order valence-corrected chi connectivity index (χ3v) is 7.65. The maximum atomic E-state index is 13.5. The van der Waals surface area contributed by atoms with Crippen molar-refractivity contribution in [3.05, 3.63) is 31.5 Å². The molecular formula is C24H39N3O9S3. The summed E-state index contributed by atoms with van der Waals surface area (Å²) < 4.78 is 17.7. The van der Waals surface area contributed by atoms with Gasteiger partial charge in [0, 0.05) is 17.3 Å². The lowest BCUT2D eigenvalue weighted by Gasteiger charge is -2.25. The molecule has 39 heavy (non-hydrogen) atoms. The molecule has 0 saturated heterocycles. The Kier molecular flexibility index (Phi) is 14.5. The van der Waals surface area contributed by atoms with Crippen molar-refractivity contribution in [1.29, 1.82) is 0 Å². The van der Waals surface area contributed by atoms with Crippen molar-refractivity contribution in [1.82, 2.24) is 13.7 Å². The Labute approximate surface area is 243 Å². The summed E-state index contributed by atoms with van der Waals surface area (Å²) in [5.74, 6) is -3.37. The van der Waals surface area contributed by atoms with Crippen LogP contribution in [-0.4, -0.2) is 48.9 Å². The van der Waals surface area contributed by atoms with E-state index in [4.69, 9.17) is 14.2 Å². The van der Waals surface area contributed by atoms with Crippen LogP contribution in [0.25, 0.3) is 0 Å². The lowest BCUT2D eigenvalue weighted by Crippen LogP contribution is -2.57. The van der Waals surface area contributed by atoms with Gasteiger partial charge >= 0.3 is 35.0 Å². The first kappa shape index (κ1) is 34.9. The molecule has 0 aliphatic heterocycles. The van der Waals surface area contributed by atoms with Crippen LogP contribution in [0.5, 0.6) is 0 Å². The molecule has 1 aromatic heterocycles. The highest BCUT2D eigenvalue weighted by Crippen LogP contribution is 2.16. The summed E-state index contributed by atoms with van der Waals surface area (Å²) in [5, 5.41) is 0. The number of thiol groups is 3. The lowest BCUT2D eigenvalue weighted by atomic mass is 10.1. The monoisotopic (exact) mass is 609 g/mol. The fourth-order valence-corrected chi connectivity index (χ4v) is 4.81. The average Bonchev–Trinajstić information content (AvgIpc) is 2.85. The number of aromatic nitrogens is 3. The molecule has 6 atom stereocenters. The van der Waals surface area contributed by atoms with Gasteiger partial charge in [0.15, 0.2) is 18.7 Å². The van der Waals surface area contributed by atoms with Crippen molar-refractivity contribution in [3.8, 4) is 0 Å². The van der Waals surface area contributed by atoms with Gasteiger partial charge < -0.3 is 14.2 Å². The largest absolute Gasteiger partial charge is 0.441 e. The summed E-state index contributed by atoms with van der Waals surface area (Å²) in [4.78, 5) is 78.1. The van der Waals surface area contributed by atoms with Gasteiger partial charge in [-0.05, 0) is 40.0 Å². The van der Waals surface area contributed by atoms with Crippen LogP contribution in [0.3, 0.4) is 0 Å². The molecule has 0 N–H and O–H groups in total. The topological polar surface area (TPSA) is 145 Å². The van der Waals surface area contributed by atoms with Gasteiger partial charge in [-0.1, -0.05) is 20.8 Å². The third-order valence-electron chi connectivity index (χ3n) is 6.33. The minimum Gasteiger partial charge on any atom is -0.441 e. The fraction of sp³-hybridized carbons (Fsp3) is 0.750. The molecule has 0 spiro atoms. The minimum absolute atomic E-state index is 0.175. The van der Waals surface area contributed by atoms with Crippen LogP contribution in [0.15, 0.2) is 14.4 Å². The SMILES string of the molecule is CCC(CS)C(=O)OC(C)n1c(=O)n(C(C)OC(=O)C(CC)CS)c(=O)n(C(C)OC(=O)C(CC)CS)c1=O. The highest BCUT2D eigenvalue weighted by molar-refractivity contribution is 7.80. The van der Waals surface area contributed by atoms with E-state index in [2.05, 4.69) is 37.9 Å². The van der Waals surface area contributed by atoms with Crippen LogP contribution < -0.4 is 17.1 Å². The van der Waals surface area contributed by atoms with E-state index in [0.717, 1.165) is 0 Å². The van der Waals surface area contributed by atoms with Gasteiger partial charge in [0.05, 0.1) is 17.8 Å². The number of hydrogen-bond acceptors (Lipinski definition) is 12. The van der Waals surface area contributed by atoms with Gasteiger partial charge in [-0.25, -0.2) is 28.1 Å². The maximum Gasteiger partial charge on any atom is 0.342 e. The highest BCUT2D eigenvalue weighted by atomic mass is 32.1. The molecule has 12 nitrogen and oxygen atoms in total. The van der Waals surface area contributed by atoms with Crippen molar-refractivity contribution in [2.24, 2.45) is 17.8 Å². The van der Waals surface area contributed by atoms with Crippen LogP contribution in [0.1, 0.15) is 79.5 Å². The van der Waals surface area contributed by atoms with Gasteiger partial charge in [-0.3, -0.25) is 14.4 Å². The Balaban J connectivity index is 3.76. The van der Waals surface area contributed by atoms with Crippen molar-refractivity contribution in [3.63, 3.8) is 0 Å². The number of carbonyl (C=O) groups is 3. The zero-order chi connectivity index (χ0) is 30.0. The van der Waals surface area contributed by atoms with Crippen LogP contribution >= 0.6 is 37.9 Å². The number of ether oxygens (including phenoxy) is 3. The van der Waals surface area contributed by atoms with Crippen LogP contribution in [-0.2, 0) is 28.6 Å². The van der Waals surface area contributed by atoms with Crippen molar-refractivity contribution in [2.75, 3.05) is 17.3 Å². The molecule has 6 unspecified atom stereocenters. The molecule has 0 fully saturated rings. The number of rotatable bonds is 15. The average molecular weight is 610 g/mol. The van der Waals surface area contributed by atoms with Crippen LogP contribution in [0.4, 0.5) is 0 Å².